The van der Waals surface area contributed by atoms with Gasteiger partial charge in [-0.25, -0.2) is 9.59 Å². The number of ether oxygens (including phenoxy) is 1. The van der Waals surface area contributed by atoms with Crippen LogP contribution in [0.5, 0.6) is 5.75 Å². The van der Waals surface area contributed by atoms with E-state index >= 15 is 0 Å². The molecule has 1 saturated heterocycles. The lowest BCUT2D eigenvalue weighted by Crippen LogP contribution is -2.19. The van der Waals surface area contributed by atoms with E-state index in [0.29, 0.717) is 5.56 Å². The maximum Gasteiger partial charge on any atom is 0.415 e. The summed E-state index contributed by atoms with van der Waals surface area (Å²) in [6, 6.07) is 5.21. The third kappa shape index (κ3) is 1.39. The zero-order chi connectivity index (χ0) is 10.1. The zero-order valence-corrected chi connectivity index (χ0v) is 7.06. The molecule has 1 heterocycles. The minimum Gasteiger partial charge on any atom is -0.508 e. The van der Waals surface area contributed by atoms with E-state index in [9.17, 15) is 9.59 Å². The monoisotopic (exact) mass is 193 g/mol. The van der Waals surface area contributed by atoms with Crippen LogP contribution in [0.1, 0.15) is 11.6 Å². The Kier molecular flexibility index (Phi) is 1.85. The predicted octanol–water partition coefficient (Wildman–Crippen LogP) is 0.700. The van der Waals surface area contributed by atoms with Crippen LogP contribution in [-0.4, -0.2) is 17.2 Å². The Morgan fingerprint density at radius 2 is 1.86 bits per heavy atom. The van der Waals surface area contributed by atoms with Crippen LogP contribution < -0.4 is 5.32 Å². The number of hydrogen-bond acceptors (Lipinski definition) is 4. The number of rotatable bonds is 1. The number of hydrogen-bond donors (Lipinski definition) is 2. The van der Waals surface area contributed by atoms with E-state index in [4.69, 9.17) is 5.11 Å². The number of amides is 1. The molecule has 1 fully saturated rings. The van der Waals surface area contributed by atoms with Crippen LogP contribution in [-0.2, 0) is 9.53 Å². The standard InChI is InChI=1S/C9H7NO4/c11-6-3-1-5(2-4-6)7-8(12)14-9(13)10-7/h1-4,7,11H,(H,10,13)/t7-/m1/s1. The second-order valence-corrected chi connectivity index (χ2v) is 2.88. The number of aromatic hydroxyl groups is 1. The summed E-state index contributed by atoms with van der Waals surface area (Å²) in [5.74, 6) is -0.521. The smallest absolute Gasteiger partial charge is 0.415 e. The van der Waals surface area contributed by atoms with Crippen LogP contribution in [0.25, 0.3) is 0 Å². The topological polar surface area (TPSA) is 75.6 Å². The average molecular weight is 193 g/mol. The van der Waals surface area contributed by atoms with Crippen molar-refractivity contribution in [3.63, 3.8) is 0 Å². The maximum atomic E-state index is 11.1. The molecule has 1 atom stereocenters. The number of carbonyl (C=O) groups excluding carboxylic acids is 2. The van der Waals surface area contributed by atoms with E-state index in [1.165, 1.54) is 12.1 Å². The van der Waals surface area contributed by atoms with Crippen molar-refractivity contribution in [2.75, 3.05) is 0 Å². The fourth-order valence-electron chi connectivity index (χ4n) is 1.24. The molecule has 0 saturated carbocycles. The van der Waals surface area contributed by atoms with Crippen molar-refractivity contribution in [3.05, 3.63) is 29.8 Å². The Bertz CT molecular complexity index is 384. The Morgan fingerprint density at radius 1 is 1.21 bits per heavy atom. The second kappa shape index (κ2) is 3.02. The first kappa shape index (κ1) is 8.55. The van der Waals surface area contributed by atoms with Crippen molar-refractivity contribution >= 4 is 12.1 Å². The van der Waals surface area contributed by atoms with E-state index in [2.05, 4.69) is 10.1 Å². The quantitative estimate of drug-likeness (QED) is 0.508. The van der Waals surface area contributed by atoms with Gasteiger partial charge in [0.1, 0.15) is 5.75 Å². The first-order valence-corrected chi connectivity index (χ1v) is 3.98. The molecule has 0 bridgehead atoms. The SMILES string of the molecule is O=C1N[C@H](c2ccc(O)cc2)C(=O)O1. The molecule has 0 spiro atoms. The fraction of sp³-hybridized carbons (Fsp3) is 0.111. The number of carbonyl (C=O) groups is 2. The molecular formula is C9H7NO4. The zero-order valence-electron chi connectivity index (χ0n) is 7.06. The van der Waals surface area contributed by atoms with Crippen molar-refractivity contribution < 1.29 is 19.4 Å². The Morgan fingerprint density at radius 3 is 2.36 bits per heavy atom. The van der Waals surface area contributed by atoms with Gasteiger partial charge in [0.25, 0.3) is 0 Å². The van der Waals surface area contributed by atoms with Gasteiger partial charge in [-0.2, -0.15) is 0 Å². The Hall–Kier alpha value is -2.04. The third-order valence-electron chi connectivity index (χ3n) is 1.92. The molecule has 5 nitrogen and oxygen atoms in total. The molecule has 0 aromatic heterocycles. The number of nitrogens with one attached hydrogen (secondary N) is 1. The highest BCUT2D eigenvalue weighted by Crippen LogP contribution is 2.21. The van der Waals surface area contributed by atoms with Crippen molar-refractivity contribution in [2.45, 2.75) is 6.04 Å². The van der Waals surface area contributed by atoms with Crippen LogP contribution in [0.4, 0.5) is 4.79 Å². The minimum atomic E-state index is -0.761. The molecule has 0 unspecified atom stereocenters. The maximum absolute atomic E-state index is 11.1. The number of phenols is 1. The van der Waals surface area contributed by atoms with Crippen molar-refractivity contribution in [1.82, 2.24) is 5.32 Å². The lowest BCUT2D eigenvalue weighted by molar-refractivity contribution is -0.135. The molecule has 5 heteroatoms. The van der Waals surface area contributed by atoms with Crippen molar-refractivity contribution in [3.8, 4) is 5.75 Å². The van der Waals surface area contributed by atoms with Crippen LogP contribution in [0.2, 0.25) is 0 Å². The van der Waals surface area contributed by atoms with Crippen LogP contribution in [0.15, 0.2) is 24.3 Å². The summed E-state index contributed by atoms with van der Waals surface area (Å²) in [6.45, 7) is 0. The fourth-order valence-corrected chi connectivity index (χ4v) is 1.24. The summed E-state index contributed by atoms with van der Waals surface area (Å²) < 4.78 is 4.31. The minimum absolute atomic E-state index is 0.103. The number of alkyl carbamates (subject to hydrolysis) is 1. The van der Waals surface area contributed by atoms with E-state index in [1.807, 2.05) is 0 Å². The summed E-state index contributed by atoms with van der Waals surface area (Å²) in [4.78, 5) is 21.8. The highest BCUT2D eigenvalue weighted by molar-refractivity contribution is 5.96. The average Bonchev–Trinajstić information content (AvgIpc) is 2.47. The number of esters is 1. The summed E-state index contributed by atoms with van der Waals surface area (Å²) in [6.07, 6.45) is -0.743. The Balaban J connectivity index is 2.27. The van der Waals surface area contributed by atoms with Gasteiger partial charge in [0, 0.05) is 0 Å². The molecule has 1 aromatic rings. The summed E-state index contributed by atoms with van der Waals surface area (Å²) >= 11 is 0. The van der Waals surface area contributed by atoms with Crippen molar-refractivity contribution in [2.24, 2.45) is 0 Å². The molecule has 2 rings (SSSR count). The lowest BCUT2D eigenvalue weighted by atomic mass is 10.1. The van der Waals surface area contributed by atoms with Gasteiger partial charge in [-0.1, -0.05) is 12.1 Å². The number of phenolic OH excluding ortho intramolecular Hbond substituents is 1. The summed E-state index contributed by atoms with van der Waals surface area (Å²) in [5, 5.41) is 11.4. The Labute approximate surface area is 79.3 Å². The first-order valence-electron chi connectivity index (χ1n) is 3.98. The molecule has 14 heavy (non-hydrogen) atoms. The highest BCUT2D eigenvalue weighted by atomic mass is 16.6. The van der Waals surface area contributed by atoms with Gasteiger partial charge in [-0.15, -0.1) is 0 Å². The molecule has 1 aromatic carbocycles. The number of cyclic esters (lactones) is 2. The van der Waals surface area contributed by atoms with Gasteiger partial charge >= 0.3 is 12.1 Å². The van der Waals surface area contributed by atoms with Gasteiger partial charge in [0.05, 0.1) is 0 Å². The van der Waals surface area contributed by atoms with Gasteiger partial charge in [-0.05, 0) is 17.7 Å². The van der Waals surface area contributed by atoms with Gasteiger partial charge in [0.2, 0.25) is 0 Å². The normalized spacial score (nSPS) is 20.4. The van der Waals surface area contributed by atoms with E-state index in [1.54, 1.807) is 12.1 Å². The van der Waals surface area contributed by atoms with Crippen LogP contribution >= 0.6 is 0 Å². The molecule has 72 valence electrons. The summed E-state index contributed by atoms with van der Waals surface area (Å²) in [7, 11) is 0. The molecular weight excluding hydrogens is 186 g/mol. The third-order valence-corrected chi connectivity index (χ3v) is 1.92. The lowest BCUT2D eigenvalue weighted by Gasteiger charge is -2.04. The molecule has 0 aliphatic carbocycles. The van der Waals surface area contributed by atoms with Crippen LogP contribution in [0.3, 0.4) is 0 Å². The molecule has 1 aliphatic rings. The molecule has 1 aliphatic heterocycles. The van der Waals surface area contributed by atoms with E-state index in [-0.39, 0.29) is 5.75 Å². The second-order valence-electron chi connectivity index (χ2n) is 2.88. The summed E-state index contributed by atoms with van der Waals surface area (Å²) in [5.41, 5.74) is 0.582. The number of benzene rings is 1. The van der Waals surface area contributed by atoms with Gasteiger partial charge in [0.15, 0.2) is 6.04 Å². The van der Waals surface area contributed by atoms with Crippen molar-refractivity contribution in [1.29, 1.82) is 0 Å². The molecule has 0 radical (unpaired) electrons. The predicted molar refractivity (Wildman–Crippen MR) is 45.5 cm³/mol. The van der Waals surface area contributed by atoms with Gasteiger partial charge in [-0.3, -0.25) is 0 Å². The van der Waals surface area contributed by atoms with Gasteiger partial charge < -0.3 is 15.2 Å². The highest BCUT2D eigenvalue weighted by Gasteiger charge is 2.33. The molecule has 2 N–H and O–H groups in total. The van der Waals surface area contributed by atoms with E-state index in [0.717, 1.165) is 0 Å². The first-order chi connectivity index (χ1) is 6.66. The van der Waals surface area contributed by atoms with E-state index < -0.39 is 18.1 Å². The molecule has 1 amide bonds. The van der Waals surface area contributed by atoms with Crippen LogP contribution in [0, 0.1) is 0 Å². The largest absolute Gasteiger partial charge is 0.508 e.